The molecule has 0 fully saturated rings. The van der Waals surface area contributed by atoms with Crippen molar-refractivity contribution in [1.82, 2.24) is 9.97 Å². The van der Waals surface area contributed by atoms with Crippen LogP contribution in [0.3, 0.4) is 0 Å². The average molecular weight is 331 g/mol. The lowest BCUT2D eigenvalue weighted by molar-refractivity contribution is -0.119. The number of aryl methyl sites for hydroxylation is 1. The van der Waals surface area contributed by atoms with Gasteiger partial charge in [-0.05, 0) is 37.3 Å². The minimum Gasteiger partial charge on any atom is -0.451 e. The Bertz CT molecular complexity index is 937. The second-order valence-corrected chi connectivity index (χ2v) is 6.16. The van der Waals surface area contributed by atoms with Gasteiger partial charge in [-0.3, -0.25) is 4.79 Å². The summed E-state index contributed by atoms with van der Waals surface area (Å²) in [5, 5.41) is 2.61. The van der Waals surface area contributed by atoms with Gasteiger partial charge in [0.1, 0.15) is 4.88 Å². The lowest BCUT2D eigenvalue weighted by Crippen LogP contribution is -2.20. The van der Waals surface area contributed by atoms with Crippen LogP contribution >= 0.6 is 11.3 Å². The van der Waals surface area contributed by atoms with Crippen LogP contribution in [0.15, 0.2) is 35.1 Å². The van der Waals surface area contributed by atoms with Crippen molar-refractivity contribution in [3.8, 4) is 0 Å². The molecule has 0 saturated heterocycles. The number of aromatic nitrogens is 2. The first-order chi connectivity index (χ1) is 11.0. The van der Waals surface area contributed by atoms with Gasteiger partial charge in [-0.15, -0.1) is 11.3 Å². The van der Waals surface area contributed by atoms with Crippen molar-refractivity contribution in [1.29, 1.82) is 0 Å². The number of benzene rings is 1. The molecule has 23 heavy (non-hydrogen) atoms. The third-order valence-electron chi connectivity index (χ3n) is 3.08. The first-order valence-corrected chi connectivity index (χ1v) is 7.58. The van der Waals surface area contributed by atoms with E-state index >= 15 is 0 Å². The minimum absolute atomic E-state index is 0.316. The number of hydrogen-bond donors (Lipinski definition) is 3. The highest BCUT2D eigenvalue weighted by molar-refractivity contribution is 7.13. The van der Waals surface area contributed by atoms with E-state index in [0.717, 1.165) is 4.88 Å². The normalized spacial score (nSPS) is 10.7. The molecule has 0 unspecified atom stereocenters. The number of carbonyl (C=O) groups excluding carboxylic acids is 2. The van der Waals surface area contributed by atoms with Gasteiger partial charge >= 0.3 is 11.7 Å². The van der Waals surface area contributed by atoms with Gasteiger partial charge in [-0.1, -0.05) is 0 Å². The van der Waals surface area contributed by atoms with Crippen LogP contribution < -0.4 is 11.0 Å². The molecule has 2 aromatic heterocycles. The van der Waals surface area contributed by atoms with Crippen LogP contribution in [-0.4, -0.2) is 28.5 Å². The highest BCUT2D eigenvalue weighted by Crippen LogP contribution is 2.16. The van der Waals surface area contributed by atoms with Gasteiger partial charge in [0.2, 0.25) is 0 Å². The van der Waals surface area contributed by atoms with Gasteiger partial charge in [0.05, 0.1) is 11.0 Å². The van der Waals surface area contributed by atoms with E-state index in [4.69, 9.17) is 4.74 Å². The number of carbonyl (C=O) groups is 2. The number of H-pyrrole nitrogens is 2. The van der Waals surface area contributed by atoms with Crippen molar-refractivity contribution >= 4 is 39.9 Å². The van der Waals surface area contributed by atoms with Crippen LogP contribution in [0.2, 0.25) is 0 Å². The quantitative estimate of drug-likeness (QED) is 0.636. The molecule has 8 heteroatoms. The number of esters is 1. The van der Waals surface area contributed by atoms with Crippen molar-refractivity contribution in [2.24, 2.45) is 0 Å². The van der Waals surface area contributed by atoms with E-state index in [-0.39, 0.29) is 12.3 Å². The van der Waals surface area contributed by atoms with Gasteiger partial charge in [0, 0.05) is 10.6 Å². The predicted octanol–water partition coefficient (Wildman–Crippen LogP) is 2.02. The Morgan fingerprint density at radius 1 is 1.17 bits per heavy atom. The maximum atomic E-state index is 11.8. The van der Waals surface area contributed by atoms with Gasteiger partial charge in [0.15, 0.2) is 6.61 Å². The van der Waals surface area contributed by atoms with Crippen LogP contribution in [-0.2, 0) is 9.53 Å². The Hall–Kier alpha value is -2.87. The summed E-state index contributed by atoms with van der Waals surface area (Å²) in [4.78, 5) is 41.4. The Morgan fingerprint density at radius 2 is 1.96 bits per heavy atom. The van der Waals surface area contributed by atoms with Crippen LogP contribution in [0.25, 0.3) is 11.0 Å². The summed E-state index contributed by atoms with van der Waals surface area (Å²) in [5.74, 6) is -0.979. The number of thiophene rings is 1. The van der Waals surface area contributed by atoms with Crippen molar-refractivity contribution < 1.29 is 14.3 Å². The average Bonchev–Trinajstić information content (AvgIpc) is 3.09. The fourth-order valence-corrected chi connectivity index (χ4v) is 2.82. The molecular weight excluding hydrogens is 318 g/mol. The summed E-state index contributed by atoms with van der Waals surface area (Å²) >= 11 is 1.31. The maximum absolute atomic E-state index is 11.8. The minimum atomic E-state index is -0.524. The van der Waals surface area contributed by atoms with Crippen LogP contribution in [0.4, 0.5) is 5.69 Å². The van der Waals surface area contributed by atoms with Gasteiger partial charge in [-0.25, -0.2) is 9.59 Å². The maximum Gasteiger partial charge on any atom is 0.348 e. The number of imidazole rings is 1. The smallest absolute Gasteiger partial charge is 0.348 e. The van der Waals surface area contributed by atoms with Gasteiger partial charge in [0.25, 0.3) is 5.91 Å². The van der Waals surface area contributed by atoms with Crippen molar-refractivity contribution in [3.63, 3.8) is 0 Å². The summed E-state index contributed by atoms with van der Waals surface area (Å²) in [7, 11) is 0. The van der Waals surface area contributed by atoms with E-state index < -0.39 is 11.9 Å². The molecule has 0 bridgehead atoms. The van der Waals surface area contributed by atoms with Crippen molar-refractivity contribution in [2.75, 3.05) is 11.9 Å². The molecule has 0 radical (unpaired) electrons. The molecule has 1 aromatic carbocycles. The largest absolute Gasteiger partial charge is 0.451 e. The molecule has 3 aromatic rings. The van der Waals surface area contributed by atoms with E-state index in [2.05, 4.69) is 15.3 Å². The third-order valence-corrected chi connectivity index (χ3v) is 4.06. The van der Waals surface area contributed by atoms with Crippen molar-refractivity contribution in [3.05, 3.63) is 50.6 Å². The zero-order valence-electron chi connectivity index (χ0n) is 12.1. The van der Waals surface area contributed by atoms with E-state index in [1.807, 2.05) is 13.0 Å². The second-order valence-electron chi connectivity index (χ2n) is 4.87. The Kier molecular flexibility index (Phi) is 3.98. The number of ether oxygens (including phenoxy) is 1. The molecular formula is C15H13N3O4S. The molecule has 0 spiro atoms. The highest BCUT2D eigenvalue weighted by Gasteiger charge is 2.12. The lowest BCUT2D eigenvalue weighted by Gasteiger charge is -2.06. The predicted molar refractivity (Wildman–Crippen MR) is 86.9 cm³/mol. The summed E-state index contributed by atoms with van der Waals surface area (Å²) in [6.45, 7) is 1.51. The lowest BCUT2D eigenvalue weighted by atomic mass is 10.3. The topological polar surface area (TPSA) is 104 Å². The van der Waals surface area contributed by atoms with Crippen LogP contribution in [0.1, 0.15) is 14.5 Å². The number of hydrogen-bond acceptors (Lipinski definition) is 5. The third kappa shape index (κ3) is 3.49. The molecule has 2 heterocycles. The number of nitrogens with one attached hydrogen (secondary N) is 3. The first kappa shape index (κ1) is 15.0. The molecule has 118 valence electrons. The SMILES string of the molecule is Cc1ccc(C(=O)OCC(=O)Nc2ccc3[nH]c(=O)[nH]c3c2)s1. The fraction of sp³-hybridized carbons (Fsp3) is 0.133. The zero-order chi connectivity index (χ0) is 16.4. The van der Waals surface area contributed by atoms with Gasteiger partial charge < -0.3 is 20.0 Å². The van der Waals surface area contributed by atoms with E-state index in [9.17, 15) is 14.4 Å². The second kappa shape index (κ2) is 6.09. The fourth-order valence-electron chi connectivity index (χ4n) is 2.05. The molecule has 3 N–H and O–H groups in total. The Labute approximate surface area is 134 Å². The van der Waals surface area contributed by atoms with E-state index in [1.54, 1.807) is 24.3 Å². The monoisotopic (exact) mass is 331 g/mol. The molecule has 0 aliphatic heterocycles. The molecule has 7 nitrogen and oxygen atoms in total. The summed E-state index contributed by atoms with van der Waals surface area (Å²) in [6.07, 6.45) is 0. The van der Waals surface area contributed by atoms with E-state index in [0.29, 0.717) is 21.6 Å². The van der Waals surface area contributed by atoms with E-state index in [1.165, 1.54) is 11.3 Å². The molecule has 1 amide bonds. The summed E-state index contributed by atoms with van der Waals surface area (Å²) in [5.41, 5.74) is 1.41. The van der Waals surface area contributed by atoms with Crippen LogP contribution in [0.5, 0.6) is 0 Å². The van der Waals surface area contributed by atoms with Crippen LogP contribution in [0, 0.1) is 6.92 Å². The summed E-state index contributed by atoms with van der Waals surface area (Å²) in [6, 6.07) is 8.41. The van der Waals surface area contributed by atoms with Gasteiger partial charge in [-0.2, -0.15) is 0 Å². The number of amides is 1. The highest BCUT2D eigenvalue weighted by atomic mass is 32.1. The Morgan fingerprint density at radius 3 is 2.70 bits per heavy atom. The van der Waals surface area contributed by atoms with Crippen molar-refractivity contribution in [2.45, 2.75) is 6.92 Å². The number of aromatic amines is 2. The first-order valence-electron chi connectivity index (χ1n) is 6.77. The summed E-state index contributed by atoms with van der Waals surface area (Å²) < 4.78 is 4.96. The molecule has 3 rings (SSSR count). The molecule has 0 aliphatic carbocycles. The molecule has 0 aliphatic rings. The Balaban J connectivity index is 1.59. The zero-order valence-corrected chi connectivity index (χ0v) is 13.0. The number of fused-ring (bicyclic) bond motifs is 1. The molecule has 0 saturated carbocycles. The number of rotatable bonds is 4. The standard InChI is InChI=1S/C15H13N3O4S/c1-8-2-5-12(23-8)14(20)22-7-13(19)16-9-3-4-10-11(6-9)18-15(21)17-10/h2-6H,7H2,1H3,(H,16,19)(H2,17,18,21). The molecule has 0 atom stereocenters. The number of anilines is 1.